The average molecular weight is 344 g/mol. The molecule has 0 radical (unpaired) electrons. The molecule has 1 aliphatic heterocycles. The molecule has 2 aliphatic rings. The summed E-state index contributed by atoms with van der Waals surface area (Å²) in [5.41, 5.74) is 5.88. The van der Waals surface area contributed by atoms with Gasteiger partial charge in [-0.2, -0.15) is 0 Å². The molecule has 0 amide bonds. The Morgan fingerprint density at radius 1 is 1.04 bits per heavy atom. The van der Waals surface area contributed by atoms with Crippen LogP contribution in [-0.2, 0) is 4.79 Å². The maximum absolute atomic E-state index is 13.4. The fourth-order valence-electron chi connectivity index (χ4n) is 4.19. The van der Waals surface area contributed by atoms with Gasteiger partial charge in [0.2, 0.25) is 0 Å². The monoisotopic (exact) mass is 344 g/mol. The van der Waals surface area contributed by atoms with Crippen molar-refractivity contribution in [3.8, 4) is 0 Å². The average Bonchev–Trinajstić information content (AvgIpc) is 2.68. The van der Waals surface area contributed by atoms with Gasteiger partial charge >= 0.3 is 0 Å². The Labute approximate surface area is 150 Å². The number of benzene rings is 2. The van der Waals surface area contributed by atoms with Gasteiger partial charge in [-0.25, -0.2) is 4.39 Å². The highest BCUT2D eigenvalue weighted by atomic mass is 19.1. The number of hydrogen-bond acceptors (Lipinski definition) is 3. The van der Waals surface area contributed by atoms with E-state index in [1.807, 2.05) is 18.2 Å². The molecule has 2 aromatic carbocycles. The zero-order valence-electron chi connectivity index (χ0n) is 14.1. The van der Waals surface area contributed by atoms with Crippen molar-refractivity contribution in [1.82, 2.24) is 4.98 Å². The van der Waals surface area contributed by atoms with Crippen LogP contribution >= 0.6 is 0 Å². The van der Waals surface area contributed by atoms with Gasteiger partial charge in [0.25, 0.3) is 0 Å². The second-order valence-electron chi connectivity index (χ2n) is 6.86. The lowest BCUT2D eigenvalue weighted by molar-refractivity contribution is -0.116. The molecule has 4 heteroatoms. The smallest absolute Gasteiger partial charge is 0.161 e. The van der Waals surface area contributed by atoms with Crippen LogP contribution in [0.25, 0.3) is 16.5 Å². The summed E-state index contributed by atoms with van der Waals surface area (Å²) in [6.45, 7) is 0. The molecule has 26 heavy (non-hydrogen) atoms. The predicted octanol–water partition coefficient (Wildman–Crippen LogP) is 5.05. The normalized spacial score (nSPS) is 19.1. The van der Waals surface area contributed by atoms with E-state index in [1.165, 1.54) is 12.1 Å². The standard InChI is InChI=1S/C22H17FN2O/c23-14-8-6-13(7-9-14)22-21-16(3-1-5-19(21)26)20-15-4-2-12-24-17(15)10-11-18(20)25-22/h2,4,6-12,22,25H,1,3,5H2/t22-/m1/s1. The number of fused-ring (bicyclic) bond motifs is 4. The van der Waals surface area contributed by atoms with Gasteiger partial charge in [0, 0.05) is 34.8 Å². The van der Waals surface area contributed by atoms with E-state index in [9.17, 15) is 9.18 Å². The Hall–Kier alpha value is -3.01. The first kappa shape index (κ1) is 15.3. The number of carbonyl (C=O) groups is 1. The predicted molar refractivity (Wildman–Crippen MR) is 100 cm³/mol. The number of aromatic nitrogens is 1. The van der Waals surface area contributed by atoms with Crippen molar-refractivity contribution in [1.29, 1.82) is 0 Å². The number of allylic oxidation sites excluding steroid dienone is 1. The van der Waals surface area contributed by atoms with Crippen molar-refractivity contribution in [3.05, 3.63) is 77.2 Å². The molecular weight excluding hydrogens is 327 g/mol. The SMILES string of the molecule is O=C1CCCC2=C1[C@@H](c1ccc(F)cc1)Nc1ccc3ncccc3c12. The molecule has 1 N–H and O–H groups in total. The van der Waals surface area contributed by atoms with E-state index in [0.717, 1.165) is 51.7 Å². The van der Waals surface area contributed by atoms with Crippen LogP contribution < -0.4 is 5.32 Å². The third-order valence-electron chi connectivity index (χ3n) is 5.33. The topological polar surface area (TPSA) is 42.0 Å². The van der Waals surface area contributed by atoms with E-state index >= 15 is 0 Å². The van der Waals surface area contributed by atoms with Gasteiger partial charge in [-0.3, -0.25) is 9.78 Å². The molecule has 0 fully saturated rings. The largest absolute Gasteiger partial charge is 0.373 e. The van der Waals surface area contributed by atoms with Crippen LogP contribution in [0.5, 0.6) is 0 Å². The third kappa shape index (κ3) is 2.25. The van der Waals surface area contributed by atoms with Gasteiger partial charge in [0.15, 0.2) is 5.78 Å². The molecule has 0 spiro atoms. The molecule has 3 nitrogen and oxygen atoms in total. The third-order valence-corrected chi connectivity index (χ3v) is 5.33. The van der Waals surface area contributed by atoms with Crippen LogP contribution in [0.3, 0.4) is 0 Å². The number of Topliss-reactive ketones (excluding diaryl/α,β-unsaturated/α-hetero) is 1. The van der Waals surface area contributed by atoms with Crippen LogP contribution in [-0.4, -0.2) is 10.8 Å². The highest BCUT2D eigenvalue weighted by Crippen LogP contribution is 2.47. The second-order valence-corrected chi connectivity index (χ2v) is 6.86. The molecule has 3 aromatic rings. The summed E-state index contributed by atoms with van der Waals surface area (Å²) in [5, 5.41) is 4.59. The fraction of sp³-hybridized carbons (Fsp3) is 0.182. The highest BCUT2D eigenvalue weighted by molar-refractivity contribution is 6.12. The lowest BCUT2D eigenvalue weighted by Gasteiger charge is -2.35. The van der Waals surface area contributed by atoms with Crippen molar-refractivity contribution in [2.24, 2.45) is 0 Å². The molecule has 1 aliphatic carbocycles. The van der Waals surface area contributed by atoms with E-state index in [-0.39, 0.29) is 17.6 Å². The van der Waals surface area contributed by atoms with Crippen molar-refractivity contribution < 1.29 is 9.18 Å². The molecule has 0 unspecified atom stereocenters. The summed E-state index contributed by atoms with van der Waals surface area (Å²) in [4.78, 5) is 17.3. The Kier molecular flexibility index (Phi) is 3.38. The molecular formula is C22H17FN2O. The minimum atomic E-state index is -0.272. The number of anilines is 1. The number of hydrogen-bond donors (Lipinski definition) is 1. The van der Waals surface area contributed by atoms with Gasteiger partial charge in [-0.05, 0) is 54.3 Å². The Morgan fingerprint density at radius 3 is 2.73 bits per heavy atom. The lowest BCUT2D eigenvalue weighted by atomic mass is 9.77. The molecule has 5 rings (SSSR count). The number of rotatable bonds is 1. The first-order chi connectivity index (χ1) is 12.7. The van der Waals surface area contributed by atoms with E-state index in [2.05, 4.69) is 16.4 Å². The van der Waals surface area contributed by atoms with E-state index < -0.39 is 0 Å². The lowest BCUT2D eigenvalue weighted by Crippen LogP contribution is -2.27. The highest BCUT2D eigenvalue weighted by Gasteiger charge is 2.34. The minimum absolute atomic E-state index is 0.180. The van der Waals surface area contributed by atoms with E-state index in [4.69, 9.17) is 0 Å². The van der Waals surface area contributed by atoms with Gasteiger partial charge < -0.3 is 5.32 Å². The maximum atomic E-state index is 13.4. The van der Waals surface area contributed by atoms with Crippen LogP contribution in [0.1, 0.15) is 36.4 Å². The molecule has 1 aromatic heterocycles. The first-order valence-electron chi connectivity index (χ1n) is 8.89. The summed E-state index contributed by atoms with van der Waals surface area (Å²) in [6, 6.07) is 14.2. The quantitative estimate of drug-likeness (QED) is 0.672. The minimum Gasteiger partial charge on any atom is -0.373 e. The molecule has 0 saturated heterocycles. The van der Waals surface area contributed by atoms with Gasteiger partial charge in [0.1, 0.15) is 5.82 Å². The second kappa shape index (κ2) is 5.77. The Morgan fingerprint density at radius 2 is 1.88 bits per heavy atom. The van der Waals surface area contributed by atoms with Gasteiger partial charge in [0.05, 0.1) is 11.6 Å². The number of nitrogens with zero attached hydrogens (tertiary/aromatic N) is 1. The van der Waals surface area contributed by atoms with E-state index in [1.54, 1.807) is 18.3 Å². The summed E-state index contributed by atoms with van der Waals surface area (Å²) >= 11 is 0. The summed E-state index contributed by atoms with van der Waals surface area (Å²) in [6.07, 6.45) is 4.09. The zero-order chi connectivity index (χ0) is 17.7. The van der Waals surface area contributed by atoms with Crippen LogP contribution in [0.15, 0.2) is 60.3 Å². The Balaban J connectivity index is 1.78. The number of nitrogens with one attached hydrogen (secondary N) is 1. The zero-order valence-corrected chi connectivity index (χ0v) is 14.1. The summed E-state index contributed by atoms with van der Waals surface area (Å²) in [7, 11) is 0. The number of ketones is 1. The van der Waals surface area contributed by atoms with Crippen LogP contribution in [0.4, 0.5) is 10.1 Å². The summed E-state index contributed by atoms with van der Waals surface area (Å²) < 4.78 is 13.4. The molecule has 1 atom stereocenters. The van der Waals surface area contributed by atoms with Gasteiger partial charge in [-0.15, -0.1) is 0 Å². The van der Waals surface area contributed by atoms with Crippen molar-refractivity contribution >= 4 is 27.9 Å². The molecule has 0 bridgehead atoms. The molecule has 0 saturated carbocycles. The molecule has 128 valence electrons. The maximum Gasteiger partial charge on any atom is 0.161 e. The Bertz CT molecular complexity index is 1070. The number of pyridine rings is 1. The number of halogens is 1. The van der Waals surface area contributed by atoms with Crippen molar-refractivity contribution in [3.63, 3.8) is 0 Å². The summed E-state index contributed by atoms with van der Waals surface area (Å²) in [5.74, 6) is -0.0918. The van der Waals surface area contributed by atoms with Crippen LogP contribution in [0, 0.1) is 5.82 Å². The van der Waals surface area contributed by atoms with Crippen molar-refractivity contribution in [2.75, 3.05) is 5.32 Å². The van der Waals surface area contributed by atoms with E-state index in [0.29, 0.717) is 6.42 Å². The van der Waals surface area contributed by atoms with Gasteiger partial charge in [-0.1, -0.05) is 18.2 Å². The van der Waals surface area contributed by atoms with Crippen molar-refractivity contribution in [2.45, 2.75) is 25.3 Å². The molecule has 2 heterocycles. The fourth-order valence-corrected chi connectivity index (χ4v) is 4.19. The number of carbonyl (C=O) groups excluding carboxylic acids is 1. The first-order valence-corrected chi connectivity index (χ1v) is 8.89. The van der Waals surface area contributed by atoms with Crippen LogP contribution in [0.2, 0.25) is 0 Å².